The van der Waals surface area contributed by atoms with Crippen molar-refractivity contribution in [2.24, 2.45) is 0 Å². The van der Waals surface area contributed by atoms with Crippen molar-refractivity contribution in [3.8, 4) is 0 Å². The molecule has 4 amide bonds. The maximum atomic E-state index is 12.2. The average molecular weight is 537 g/mol. The van der Waals surface area contributed by atoms with E-state index in [0.717, 1.165) is 17.2 Å². The van der Waals surface area contributed by atoms with Crippen LogP contribution in [0, 0.1) is 0 Å². The molecule has 0 aliphatic carbocycles. The van der Waals surface area contributed by atoms with Gasteiger partial charge < -0.3 is 26.0 Å². The number of carbonyl (C=O) groups is 4. The SMILES string of the molecule is CS(=O)(=O)/C=C/[C@H](CCc1nnn[nH]1)NC(=O)CNC(=O)CNC(=O)CNC(=O)OCc1ccccc1. The molecule has 1 heterocycles. The van der Waals surface area contributed by atoms with Crippen molar-refractivity contribution in [3.63, 3.8) is 0 Å². The molecule has 0 bridgehead atoms. The molecule has 0 spiro atoms. The normalized spacial score (nSPS) is 11.9. The van der Waals surface area contributed by atoms with E-state index in [0.29, 0.717) is 18.7 Å². The van der Waals surface area contributed by atoms with Gasteiger partial charge in [0.25, 0.3) is 0 Å². The molecule has 37 heavy (non-hydrogen) atoms. The minimum Gasteiger partial charge on any atom is -0.445 e. The zero-order chi connectivity index (χ0) is 27.1. The molecule has 0 aliphatic heterocycles. The summed E-state index contributed by atoms with van der Waals surface area (Å²) in [7, 11) is -3.42. The Kier molecular flexibility index (Phi) is 11.7. The van der Waals surface area contributed by atoms with E-state index >= 15 is 0 Å². The van der Waals surface area contributed by atoms with Gasteiger partial charge in [-0.25, -0.2) is 18.3 Å². The standard InChI is InChI=1S/C21H28N8O7S/c1-37(34,35)10-9-16(7-8-17-26-28-29-27-17)25-20(32)13-23-18(30)11-22-19(31)12-24-21(33)36-14-15-5-3-2-4-6-15/h2-6,9-10,16H,7-8,11-14H2,1H3,(H,22,31)(H,23,30)(H,24,33)(H,25,32)(H,26,27,28,29)/b10-9+/t16-/m0/s1. The van der Waals surface area contributed by atoms with Crippen molar-refractivity contribution in [1.29, 1.82) is 0 Å². The summed E-state index contributed by atoms with van der Waals surface area (Å²) in [6.45, 7) is -1.20. The quantitative estimate of drug-likeness (QED) is 0.185. The van der Waals surface area contributed by atoms with Crippen LogP contribution in [0.2, 0.25) is 0 Å². The summed E-state index contributed by atoms with van der Waals surface area (Å²) in [5.74, 6) is -1.41. The van der Waals surface area contributed by atoms with Crippen LogP contribution in [0.15, 0.2) is 41.8 Å². The Morgan fingerprint density at radius 2 is 1.65 bits per heavy atom. The predicted molar refractivity (Wildman–Crippen MR) is 129 cm³/mol. The first-order valence-electron chi connectivity index (χ1n) is 11.0. The van der Waals surface area contributed by atoms with Crippen LogP contribution in [0.25, 0.3) is 0 Å². The van der Waals surface area contributed by atoms with E-state index in [2.05, 4.69) is 41.9 Å². The van der Waals surface area contributed by atoms with Crippen molar-refractivity contribution < 1.29 is 32.3 Å². The fraction of sp³-hybridized carbons (Fsp3) is 0.381. The Hall–Kier alpha value is -4.34. The first-order valence-corrected chi connectivity index (χ1v) is 12.9. The second-order valence-corrected chi connectivity index (χ2v) is 9.62. The van der Waals surface area contributed by atoms with Gasteiger partial charge >= 0.3 is 6.09 Å². The lowest BCUT2D eigenvalue weighted by atomic mass is 10.1. The summed E-state index contributed by atoms with van der Waals surface area (Å²) in [4.78, 5) is 47.6. The lowest BCUT2D eigenvalue weighted by Gasteiger charge is -2.15. The van der Waals surface area contributed by atoms with Gasteiger partial charge in [-0.1, -0.05) is 36.4 Å². The van der Waals surface area contributed by atoms with Gasteiger partial charge in [0, 0.05) is 24.1 Å². The van der Waals surface area contributed by atoms with Crippen LogP contribution >= 0.6 is 0 Å². The monoisotopic (exact) mass is 536 g/mol. The van der Waals surface area contributed by atoms with E-state index in [9.17, 15) is 27.6 Å². The Balaban J connectivity index is 1.66. The number of rotatable bonds is 14. The molecular weight excluding hydrogens is 508 g/mol. The van der Waals surface area contributed by atoms with Crippen LogP contribution in [-0.2, 0) is 42.0 Å². The number of hydrogen-bond donors (Lipinski definition) is 5. The highest BCUT2D eigenvalue weighted by Crippen LogP contribution is 2.02. The topological polar surface area (TPSA) is 214 Å². The summed E-state index contributed by atoms with van der Waals surface area (Å²) >= 11 is 0. The van der Waals surface area contributed by atoms with Gasteiger partial charge in [0.1, 0.15) is 19.0 Å². The number of tetrazole rings is 1. The third kappa shape index (κ3) is 13.4. The fourth-order valence-electron chi connectivity index (χ4n) is 2.70. The zero-order valence-corrected chi connectivity index (χ0v) is 20.8. The van der Waals surface area contributed by atoms with E-state index in [-0.39, 0.29) is 6.61 Å². The minimum absolute atomic E-state index is 0.0426. The highest BCUT2D eigenvalue weighted by atomic mass is 32.2. The molecule has 1 aromatic carbocycles. The highest BCUT2D eigenvalue weighted by Gasteiger charge is 2.14. The van der Waals surface area contributed by atoms with Gasteiger partial charge in [-0.3, -0.25) is 14.4 Å². The van der Waals surface area contributed by atoms with E-state index < -0.39 is 59.3 Å². The van der Waals surface area contributed by atoms with Gasteiger partial charge in [-0.2, -0.15) is 0 Å². The third-order valence-corrected chi connectivity index (χ3v) is 5.14. The van der Waals surface area contributed by atoms with Crippen molar-refractivity contribution >= 4 is 33.7 Å². The summed E-state index contributed by atoms with van der Waals surface area (Å²) < 4.78 is 27.8. The molecule has 1 atom stereocenters. The maximum absolute atomic E-state index is 12.2. The molecule has 0 fully saturated rings. The van der Waals surface area contributed by atoms with Crippen LogP contribution in [-0.4, -0.2) is 84.8 Å². The lowest BCUT2D eigenvalue weighted by Crippen LogP contribution is -2.45. The second kappa shape index (κ2) is 14.9. The molecule has 16 heteroatoms. The molecule has 0 radical (unpaired) electrons. The Labute approximate surface area is 212 Å². The fourth-order valence-corrected chi connectivity index (χ4v) is 3.17. The van der Waals surface area contributed by atoms with Gasteiger partial charge in [0.05, 0.1) is 13.1 Å². The first kappa shape index (κ1) is 28.9. The number of nitrogens with one attached hydrogen (secondary N) is 5. The minimum atomic E-state index is -3.42. The van der Waals surface area contributed by atoms with Gasteiger partial charge in [-0.05, 0) is 22.4 Å². The van der Waals surface area contributed by atoms with E-state index in [1.165, 1.54) is 6.08 Å². The van der Waals surface area contributed by atoms with Crippen LogP contribution in [0.1, 0.15) is 17.8 Å². The number of carbonyl (C=O) groups excluding carboxylic acids is 4. The molecule has 0 saturated carbocycles. The van der Waals surface area contributed by atoms with Crippen molar-refractivity contribution in [1.82, 2.24) is 41.9 Å². The van der Waals surface area contributed by atoms with Crippen molar-refractivity contribution in [3.05, 3.63) is 53.2 Å². The third-order valence-electron chi connectivity index (χ3n) is 4.48. The molecule has 2 aromatic rings. The molecule has 200 valence electrons. The number of sulfone groups is 1. The van der Waals surface area contributed by atoms with E-state index in [1.54, 1.807) is 24.3 Å². The molecule has 0 unspecified atom stereocenters. The molecule has 5 N–H and O–H groups in total. The van der Waals surface area contributed by atoms with Gasteiger partial charge in [0.15, 0.2) is 9.84 Å². The Morgan fingerprint density at radius 1 is 1.00 bits per heavy atom. The number of hydrogen-bond acceptors (Lipinski definition) is 10. The summed E-state index contributed by atoms with van der Waals surface area (Å²) in [5.41, 5.74) is 0.785. The van der Waals surface area contributed by atoms with Crippen molar-refractivity contribution in [2.45, 2.75) is 25.5 Å². The van der Waals surface area contributed by atoms with Gasteiger partial charge in [-0.15, -0.1) is 5.10 Å². The number of nitrogens with zero attached hydrogens (tertiary/aromatic N) is 3. The first-order chi connectivity index (χ1) is 17.6. The van der Waals surface area contributed by atoms with Crippen molar-refractivity contribution in [2.75, 3.05) is 25.9 Å². The molecule has 1 aromatic heterocycles. The molecular formula is C21H28N8O7S. The van der Waals surface area contributed by atoms with E-state index in [1.807, 2.05) is 6.07 Å². The Morgan fingerprint density at radius 3 is 2.27 bits per heavy atom. The number of amides is 4. The van der Waals surface area contributed by atoms with Crippen LogP contribution < -0.4 is 21.3 Å². The summed E-state index contributed by atoms with van der Waals surface area (Å²) in [6, 6.07) is 8.31. The van der Waals surface area contributed by atoms with Crippen LogP contribution in [0.5, 0.6) is 0 Å². The highest BCUT2D eigenvalue weighted by molar-refractivity contribution is 7.93. The smallest absolute Gasteiger partial charge is 0.407 e. The van der Waals surface area contributed by atoms with E-state index in [4.69, 9.17) is 4.74 Å². The summed E-state index contributed by atoms with van der Waals surface area (Å²) in [6.07, 6.45) is 2.16. The second-order valence-electron chi connectivity index (χ2n) is 7.69. The molecule has 0 aliphatic rings. The molecule has 0 saturated heterocycles. The van der Waals surface area contributed by atoms with Crippen LogP contribution in [0.4, 0.5) is 4.79 Å². The number of aromatic nitrogens is 4. The zero-order valence-electron chi connectivity index (χ0n) is 20.0. The number of alkyl carbamates (subject to hydrolysis) is 1. The maximum Gasteiger partial charge on any atom is 0.407 e. The number of aromatic amines is 1. The van der Waals surface area contributed by atoms with Gasteiger partial charge in [0.2, 0.25) is 17.7 Å². The average Bonchev–Trinajstić information content (AvgIpc) is 3.39. The van der Waals surface area contributed by atoms with Crippen LogP contribution in [0.3, 0.4) is 0 Å². The number of H-pyrrole nitrogens is 1. The number of aryl methyl sites for hydroxylation is 1. The largest absolute Gasteiger partial charge is 0.445 e. The summed E-state index contributed by atoms with van der Waals surface area (Å²) in [5, 5.41) is 23.6. The lowest BCUT2D eigenvalue weighted by molar-refractivity contribution is -0.127. The molecule has 2 rings (SSSR count). The Bertz CT molecular complexity index is 1170. The molecule has 15 nitrogen and oxygen atoms in total. The predicted octanol–water partition coefficient (Wildman–Crippen LogP) is -1.67. The number of ether oxygens (including phenoxy) is 1. The number of benzene rings is 1.